The summed E-state index contributed by atoms with van der Waals surface area (Å²) < 4.78 is 49.0. The highest BCUT2D eigenvalue weighted by atomic mass is 16.6. The average Bonchev–Trinajstić information content (AvgIpc) is 3.21. The third-order valence-electron chi connectivity index (χ3n) is 8.01. The van der Waals surface area contributed by atoms with Crippen LogP contribution < -0.4 is 21.7 Å². The van der Waals surface area contributed by atoms with Crippen LogP contribution in [0.25, 0.3) is 10.4 Å². The zero-order valence-electron chi connectivity index (χ0n) is 34.8. The molecule has 332 valence electrons. The first-order valence-electron chi connectivity index (χ1n) is 20.2. The van der Waals surface area contributed by atoms with Gasteiger partial charge in [0.1, 0.15) is 12.1 Å². The first kappa shape index (κ1) is 52.6. The van der Waals surface area contributed by atoms with Crippen LogP contribution in [0.5, 0.6) is 0 Å². The third kappa shape index (κ3) is 30.6. The largest absolute Gasteiger partial charge is 0.379 e. The summed E-state index contributed by atoms with van der Waals surface area (Å²) in [6.45, 7) is 13.9. The normalized spacial score (nSPS) is 12.2. The molecule has 0 spiro atoms. The van der Waals surface area contributed by atoms with E-state index in [9.17, 15) is 14.4 Å². The van der Waals surface area contributed by atoms with Gasteiger partial charge in [0.05, 0.1) is 119 Å². The Balaban J connectivity index is 2.00. The zero-order valence-corrected chi connectivity index (χ0v) is 34.8. The summed E-state index contributed by atoms with van der Waals surface area (Å²) >= 11 is 0. The van der Waals surface area contributed by atoms with Crippen molar-refractivity contribution in [3.63, 3.8) is 0 Å². The number of hydrogen-bond donors (Lipinski definition) is 4. The lowest BCUT2D eigenvalue weighted by molar-refractivity contribution is -0.132. The maximum Gasteiger partial charge on any atom is 0.246 e. The molecule has 0 saturated carbocycles. The van der Waals surface area contributed by atoms with Gasteiger partial charge in [0.15, 0.2) is 0 Å². The topological polar surface area (TPSA) is 245 Å². The number of nitrogens with two attached hydrogens (primary N) is 1. The zero-order chi connectivity index (χ0) is 42.3. The molecule has 0 unspecified atom stereocenters. The molecule has 0 bridgehead atoms. The number of amides is 3. The van der Waals surface area contributed by atoms with Crippen LogP contribution in [-0.4, -0.2) is 162 Å². The van der Waals surface area contributed by atoms with Crippen LogP contribution in [0, 0.1) is 12.8 Å². The van der Waals surface area contributed by atoms with Crippen LogP contribution in [0.2, 0.25) is 0 Å². The highest BCUT2D eigenvalue weighted by Gasteiger charge is 2.28. The molecule has 0 saturated heterocycles. The predicted octanol–water partition coefficient (Wildman–Crippen LogP) is 2.54. The fourth-order valence-electron chi connectivity index (χ4n) is 4.85. The van der Waals surface area contributed by atoms with Gasteiger partial charge in [-0.2, -0.15) is 0 Å². The Kier molecular flexibility index (Phi) is 34.2. The van der Waals surface area contributed by atoms with E-state index in [0.717, 1.165) is 12.0 Å². The quantitative estimate of drug-likeness (QED) is 0.0322. The van der Waals surface area contributed by atoms with Gasteiger partial charge in [0, 0.05) is 23.6 Å². The number of azide groups is 1. The van der Waals surface area contributed by atoms with Crippen LogP contribution in [-0.2, 0) is 57.0 Å². The Labute approximate surface area is 343 Å². The second-order valence-electron chi connectivity index (χ2n) is 13.2. The summed E-state index contributed by atoms with van der Waals surface area (Å²) in [6, 6.07) is 5.82. The van der Waals surface area contributed by atoms with Crippen molar-refractivity contribution >= 4 is 23.4 Å². The van der Waals surface area contributed by atoms with E-state index in [-0.39, 0.29) is 30.8 Å². The van der Waals surface area contributed by atoms with Gasteiger partial charge < -0.3 is 64.3 Å². The lowest BCUT2D eigenvalue weighted by Gasteiger charge is -2.25. The molecule has 0 fully saturated rings. The molecule has 3 amide bonds. The number of nitrogens with zero attached hydrogens (tertiary/aromatic N) is 3. The van der Waals surface area contributed by atoms with Crippen molar-refractivity contribution < 1.29 is 57.0 Å². The van der Waals surface area contributed by atoms with Crippen molar-refractivity contribution in [3.8, 4) is 0 Å². The number of benzene rings is 1. The van der Waals surface area contributed by atoms with Crippen LogP contribution in [0.3, 0.4) is 0 Å². The maximum atomic E-state index is 13.3. The molecule has 0 aliphatic heterocycles. The van der Waals surface area contributed by atoms with E-state index >= 15 is 0 Å². The average molecular weight is 828 g/mol. The number of aryl methyl sites for hydroxylation is 1. The first-order chi connectivity index (χ1) is 28.3. The minimum absolute atomic E-state index is 0.0712. The lowest BCUT2D eigenvalue weighted by atomic mass is 10.0. The highest BCUT2D eigenvalue weighted by Crippen LogP contribution is 2.12. The molecule has 2 atom stereocenters. The van der Waals surface area contributed by atoms with Gasteiger partial charge in [-0.25, -0.2) is 0 Å². The Bertz CT molecular complexity index is 1230. The lowest BCUT2D eigenvalue weighted by Crippen LogP contribution is -2.54. The van der Waals surface area contributed by atoms with Gasteiger partial charge in [0.25, 0.3) is 0 Å². The Morgan fingerprint density at radius 2 is 1.07 bits per heavy atom. The number of anilines is 1. The molecule has 0 aliphatic carbocycles. The molecule has 1 aromatic rings. The molecular formula is C39H69N7O12. The Morgan fingerprint density at radius 1 is 0.638 bits per heavy atom. The molecule has 0 aliphatic rings. The molecule has 19 nitrogen and oxygen atoms in total. The Morgan fingerprint density at radius 3 is 1.48 bits per heavy atom. The van der Waals surface area contributed by atoms with Crippen molar-refractivity contribution in [1.29, 1.82) is 0 Å². The molecule has 0 aromatic heterocycles. The summed E-state index contributed by atoms with van der Waals surface area (Å²) in [5.41, 5.74) is 15.5. The molecular weight excluding hydrogens is 758 g/mol. The number of unbranched alkanes of at least 4 members (excludes halogenated alkanes) is 1. The van der Waals surface area contributed by atoms with Crippen molar-refractivity contribution in [2.45, 2.75) is 58.5 Å². The Hall–Kier alpha value is -3.46. The van der Waals surface area contributed by atoms with E-state index in [2.05, 4.69) is 26.0 Å². The minimum atomic E-state index is -0.818. The van der Waals surface area contributed by atoms with E-state index in [4.69, 9.17) is 53.9 Å². The smallest absolute Gasteiger partial charge is 0.246 e. The van der Waals surface area contributed by atoms with Crippen molar-refractivity contribution in [2.24, 2.45) is 16.8 Å². The van der Waals surface area contributed by atoms with E-state index in [1.54, 1.807) is 0 Å². The van der Waals surface area contributed by atoms with E-state index in [0.29, 0.717) is 144 Å². The molecule has 19 heteroatoms. The van der Waals surface area contributed by atoms with E-state index in [1.165, 1.54) is 0 Å². The molecule has 58 heavy (non-hydrogen) atoms. The van der Waals surface area contributed by atoms with E-state index in [1.807, 2.05) is 45.0 Å². The number of nitrogens with one attached hydrogen (secondary N) is 3. The summed E-state index contributed by atoms with van der Waals surface area (Å²) in [5, 5.41) is 11.9. The minimum Gasteiger partial charge on any atom is -0.379 e. The summed E-state index contributed by atoms with van der Waals surface area (Å²) in [7, 11) is 0. The fourth-order valence-corrected chi connectivity index (χ4v) is 4.85. The highest BCUT2D eigenvalue weighted by molar-refractivity contribution is 5.98. The monoisotopic (exact) mass is 828 g/mol. The second kappa shape index (κ2) is 37.8. The van der Waals surface area contributed by atoms with Gasteiger partial charge in [-0.15, -0.1) is 0 Å². The van der Waals surface area contributed by atoms with Gasteiger partial charge >= 0.3 is 0 Å². The number of ether oxygens (including phenoxy) is 9. The van der Waals surface area contributed by atoms with Gasteiger partial charge in [-0.1, -0.05) is 36.7 Å². The van der Waals surface area contributed by atoms with Crippen LogP contribution in [0.1, 0.15) is 45.1 Å². The summed E-state index contributed by atoms with van der Waals surface area (Å²) in [5.74, 6) is -1.28. The van der Waals surface area contributed by atoms with Gasteiger partial charge in [-0.05, 0) is 56.3 Å². The fraction of sp³-hybridized carbons (Fsp3) is 0.769. The SMILES string of the molecule is Cc1ccc(NC(=O)[C@H](CCCCN)NC(=O)[C@@H](NC(=O)CCOCCOCCOCCOCCOCCOCCOCCOCCOCCN=[N+]=[N-])C(C)C)cc1. The number of hydrogen-bond acceptors (Lipinski definition) is 14. The van der Waals surface area contributed by atoms with Crippen molar-refractivity contribution in [1.82, 2.24) is 10.6 Å². The van der Waals surface area contributed by atoms with E-state index < -0.39 is 18.0 Å². The number of carbonyl (C=O) groups excluding carboxylic acids is 3. The van der Waals surface area contributed by atoms with Gasteiger partial charge in [0.2, 0.25) is 17.7 Å². The molecule has 0 heterocycles. The van der Waals surface area contributed by atoms with Crippen molar-refractivity contribution in [3.05, 3.63) is 40.3 Å². The molecule has 5 N–H and O–H groups in total. The van der Waals surface area contributed by atoms with Crippen molar-refractivity contribution in [2.75, 3.05) is 137 Å². The van der Waals surface area contributed by atoms with Crippen LogP contribution in [0.15, 0.2) is 29.4 Å². The summed E-state index contributed by atoms with van der Waals surface area (Å²) in [4.78, 5) is 41.7. The van der Waals surface area contributed by atoms with Crippen LogP contribution in [0.4, 0.5) is 5.69 Å². The van der Waals surface area contributed by atoms with Gasteiger partial charge in [-0.3, -0.25) is 14.4 Å². The molecule has 1 aromatic carbocycles. The first-order valence-corrected chi connectivity index (χ1v) is 20.2. The second-order valence-corrected chi connectivity index (χ2v) is 13.2. The van der Waals surface area contributed by atoms with Crippen LogP contribution >= 0.6 is 0 Å². The number of rotatable bonds is 40. The third-order valence-corrected chi connectivity index (χ3v) is 8.01. The molecule has 1 rings (SSSR count). The predicted molar refractivity (Wildman–Crippen MR) is 217 cm³/mol. The standard InChI is InChI=1S/C39H69N7O12/c1-32(2)37(39(49)44-35(6-4-5-12-40)38(48)43-34-9-7-33(3)8-10-34)45-36(47)11-14-50-16-18-52-20-22-54-24-26-56-28-30-58-31-29-57-27-25-55-23-21-53-19-17-51-15-13-42-46-41/h7-10,32,35,37H,4-6,11-31,40H2,1-3H3,(H,43,48)(H,44,49)(H,45,47)/t35-,37-/m0/s1. The summed E-state index contributed by atoms with van der Waals surface area (Å²) in [6.07, 6.45) is 1.88. The molecule has 0 radical (unpaired) electrons. The number of carbonyl (C=O) groups is 3. The maximum absolute atomic E-state index is 13.3.